The fraction of sp³-hybridized carbons (Fsp3) is 0.190. The molecule has 28 heavy (non-hydrogen) atoms. The molecule has 0 aliphatic rings. The molecule has 3 rings (SSSR count). The summed E-state index contributed by atoms with van der Waals surface area (Å²) < 4.78 is 0. The average molecular weight is 395 g/mol. The molecule has 2 aromatic carbocycles. The number of likely N-dealkylation sites (N-methyl/N-ethyl adjacent to an activating group) is 1. The van der Waals surface area contributed by atoms with E-state index >= 15 is 0 Å². The molecule has 3 amide bonds. The second kappa shape index (κ2) is 9.14. The maximum atomic E-state index is 12.4. The quantitative estimate of drug-likeness (QED) is 0.655. The van der Waals surface area contributed by atoms with E-state index in [-0.39, 0.29) is 18.4 Å². The Morgan fingerprint density at radius 3 is 2.61 bits per heavy atom. The summed E-state index contributed by atoms with van der Waals surface area (Å²) >= 11 is 1.30. The van der Waals surface area contributed by atoms with Crippen molar-refractivity contribution in [2.75, 3.05) is 17.7 Å². The lowest BCUT2D eigenvalue weighted by molar-refractivity contribution is -0.129. The molecule has 0 spiro atoms. The summed E-state index contributed by atoms with van der Waals surface area (Å²) in [6, 6.07) is 17.0. The molecular formula is C21H22N4O2S. The predicted octanol–water partition coefficient (Wildman–Crippen LogP) is 4.30. The van der Waals surface area contributed by atoms with Crippen LogP contribution in [0.2, 0.25) is 0 Å². The number of rotatable bonds is 6. The first-order valence-electron chi connectivity index (χ1n) is 8.86. The summed E-state index contributed by atoms with van der Waals surface area (Å²) in [5.41, 5.74) is 3.49. The van der Waals surface area contributed by atoms with Crippen molar-refractivity contribution in [2.24, 2.45) is 0 Å². The Labute approximate surface area is 168 Å². The first-order valence-corrected chi connectivity index (χ1v) is 9.74. The zero-order chi connectivity index (χ0) is 19.9. The van der Waals surface area contributed by atoms with Crippen molar-refractivity contribution in [3.8, 4) is 0 Å². The van der Waals surface area contributed by atoms with Gasteiger partial charge < -0.3 is 10.2 Å². The first kappa shape index (κ1) is 19.6. The van der Waals surface area contributed by atoms with E-state index in [9.17, 15) is 9.59 Å². The van der Waals surface area contributed by atoms with E-state index in [0.29, 0.717) is 23.1 Å². The molecule has 0 aliphatic carbocycles. The third kappa shape index (κ3) is 5.65. The number of amides is 3. The van der Waals surface area contributed by atoms with E-state index < -0.39 is 0 Å². The Morgan fingerprint density at radius 1 is 1.07 bits per heavy atom. The monoisotopic (exact) mass is 394 g/mol. The fourth-order valence-corrected chi connectivity index (χ4v) is 3.37. The van der Waals surface area contributed by atoms with Gasteiger partial charge in [0.2, 0.25) is 5.91 Å². The van der Waals surface area contributed by atoms with Crippen LogP contribution in [0.5, 0.6) is 0 Å². The number of thiazole rings is 1. The number of benzene rings is 2. The van der Waals surface area contributed by atoms with Crippen LogP contribution < -0.4 is 10.6 Å². The molecule has 6 nitrogen and oxygen atoms in total. The van der Waals surface area contributed by atoms with E-state index in [1.807, 2.05) is 61.5 Å². The highest BCUT2D eigenvalue weighted by Crippen LogP contribution is 2.17. The lowest BCUT2D eigenvalue weighted by Crippen LogP contribution is -2.27. The van der Waals surface area contributed by atoms with Gasteiger partial charge in [-0.3, -0.25) is 10.1 Å². The lowest BCUT2D eigenvalue weighted by atomic mass is 10.2. The SMILES string of the molecule is Cc1cccc(NC(=O)Nc2nc(CC(=O)N(C)Cc3ccccc3)cs2)c1. The molecule has 3 aromatic rings. The van der Waals surface area contributed by atoms with E-state index in [1.165, 1.54) is 11.3 Å². The highest BCUT2D eigenvalue weighted by Gasteiger charge is 2.13. The number of aromatic nitrogens is 1. The summed E-state index contributed by atoms with van der Waals surface area (Å²) in [6.07, 6.45) is 0.195. The highest BCUT2D eigenvalue weighted by molar-refractivity contribution is 7.14. The zero-order valence-corrected chi connectivity index (χ0v) is 16.6. The Kier molecular flexibility index (Phi) is 6.39. The molecule has 0 unspecified atom stereocenters. The van der Waals surface area contributed by atoms with Crippen LogP contribution in [-0.2, 0) is 17.8 Å². The molecule has 0 aliphatic heterocycles. The number of hydrogen-bond acceptors (Lipinski definition) is 4. The van der Waals surface area contributed by atoms with E-state index in [4.69, 9.17) is 0 Å². The number of hydrogen-bond donors (Lipinski definition) is 2. The van der Waals surface area contributed by atoms with Gasteiger partial charge in [-0.25, -0.2) is 9.78 Å². The van der Waals surface area contributed by atoms with Gasteiger partial charge in [0.25, 0.3) is 0 Å². The Bertz CT molecular complexity index is 956. The van der Waals surface area contributed by atoms with Gasteiger partial charge in [0, 0.05) is 24.7 Å². The first-order chi connectivity index (χ1) is 13.5. The average Bonchev–Trinajstić information content (AvgIpc) is 3.09. The summed E-state index contributed by atoms with van der Waals surface area (Å²) in [4.78, 5) is 30.5. The summed E-state index contributed by atoms with van der Waals surface area (Å²) in [6.45, 7) is 2.51. The number of aryl methyl sites for hydroxylation is 1. The summed E-state index contributed by atoms with van der Waals surface area (Å²) in [7, 11) is 1.77. The van der Waals surface area contributed by atoms with Crippen LogP contribution >= 0.6 is 11.3 Å². The Hall–Kier alpha value is -3.19. The van der Waals surface area contributed by atoms with Crippen molar-refractivity contribution in [3.05, 3.63) is 76.8 Å². The smallest absolute Gasteiger partial charge is 0.325 e. The van der Waals surface area contributed by atoms with Crippen LogP contribution in [-0.4, -0.2) is 28.9 Å². The van der Waals surface area contributed by atoms with Crippen LogP contribution in [0.25, 0.3) is 0 Å². The molecule has 0 saturated carbocycles. The molecule has 0 fully saturated rings. The molecule has 0 atom stereocenters. The number of nitrogens with one attached hydrogen (secondary N) is 2. The number of carbonyl (C=O) groups is 2. The predicted molar refractivity (Wildman–Crippen MR) is 113 cm³/mol. The van der Waals surface area contributed by atoms with Crippen LogP contribution in [0.3, 0.4) is 0 Å². The largest absolute Gasteiger partial charge is 0.341 e. The van der Waals surface area contributed by atoms with Crippen LogP contribution in [0, 0.1) is 6.92 Å². The third-order valence-corrected chi connectivity index (χ3v) is 4.88. The minimum absolute atomic E-state index is 0.0232. The van der Waals surface area contributed by atoms with Crippen LogP contribution in [0.4, 0.5) is 15.6 Å². The molecule has 2 N–H and O–H groups in total. The molecule has 144 valence electrons. The van der Waals surface area contributed by atoms with Gasteiger partial charge in [0.15, 0.2) is 5.13 Å². The van der Waals surface area contributed by atoms with Gasteiger partial charge >= 0.3 is 6.03 Å². The fourth-order valence-electron chi connectivity index (χ4n) is 2.66. The van der Waals surface area contributed by atoms with Gasteiger partial charge in [0.05, 0.1) is 12.1 Å². The molecule has 0 saturated heterocycles. The number of anilines is 2. The van der Waals surface area contributed by atoms with Gasteiger partial charge in [-0.2, -0.15) is 0 Å². The second-order valence-electron chi connectivity index (χ2n) is 6.50. The Balaban J connectivity index is 1.52. The van der Waals surface area contributed by atoms with E-state index in [2.05, 4.69) is 15.6 Å². The topological polar surface area (TPSA) is 74.3 Å². The Morgan fingerprint density at radius 2 is 1.86 bits per heavy atom. The highest BCUT2D eigenvalue weighted by atomic mass is 32.1. The summed E-state index contributed by atoms with van der Waals surface area (Å²) in [5, 5.41) is 7.72. The molecule has 0 bridgehead atoms. The van der Waals surface area contributed by atoms with Crippen molar-refractivity contribution in [1.82, 2.24) is 9.88 Å². The maximum absolute atomic E-state index is 12.4. The molecule has 0 radical (unpaired) electrons. The van der Waals surface area contributed by atoms with Gasteiger partial charge in [0.1, 0.15) is 0 Å². The van der Waals surface area contributed by atoms with Crippen LogP contribution in [0.15, 0.2) is 60.0 Å². The minimum atomic E-state index is -0.362. The van der Waals surface area contributed by atoms with Crippen molar-refractivity contribution in [3.63, 3.8) is 0 Å². The lowest BCUT2D eigenvalue weighted by Gasteiger charge is -2.16. The zero-order valence-electron chi connectivity index (χ0n) is 15.8. The van der Waals surface area contributed by atoms with Crippen molar-refractivity contribution < 1.29 is 9.59 Å². The van der Waals surface area contributed by atoms with Crippen molar-refractivity contribution in [1.29, 1.82) is 0 Å². The number of carbonyl (C=O) groups excluding carboxylic acids is 2. The molecule has 1 heterocycles. The summed E-state index contributed by atoms with van der Waals surface area (Å²) in [5.74, 6) is -0.0232. The second-order valence-corrected chi connectivity index (χ2v) is 7.36. The molecular weight excluding hydrogens is 372 g/mol. The van der Waals surface area contributed by atoms with Crippen LogP contribution in [0.1, 0.15) is 16.8 Å². The van der Waals surface area contributed by atoms with Crippen molar-refractivity contribution >= 4 is 34.1 Å². The number of nitrogens with zero attached hydrogens (tertiary/aromatic N) is 2. The number of urea groups is 1. The van der Waals surface area contributed by atoms with E-state index in [1.54, 1.807) is 17.3 Å². The minimum Gasteiger partial charge on any atom is -0.341 e. The molecule has 1 aromatic heterocycles. The molecule has 7 heteroatoms. The van der Waals surface area contributed by atoms with Gasteiger partial charge in [-0.05, 0) is 30.2 Å². The van der Waals surface area contributed by atoms with Gasteiger partial charge in [-0.15, -0.1) is 11.3 Å². The third-order valence-electron chi connectivity index (χ3n) is 4.07. The van der Waals surface area contributed by atoms with Gasteiger partial charge in [-0.1, -0.05) is 42.5 Å². The van der Waals surface area contributed by atoms with E-state index in [0.717, 1.165) is 11.1 Å². The van der Waals surface area contributed by atoms with Crippen molar-refractivity contribution in [2.45, 2.75) is 19.9 Å². The normalized spacial score (nSPS) is 10.4. The maximum Gasteiger partial charge on any atom is 0.325 e. The standard InChI is InChI=1S/C21H22N4O2S/c1-15-7-6-10-17(11-15)22-20(27)24-21-23-18(14-28-21)12-19(26)25(2)13-16-8-4-3-5-9-16/h3-11,14H,12-13H2,1-2H3,(H2,22,23,24,27).